The lowest BCUT2D eigenvalue weighted by Crippen LogP contribution is -2.13. The fourth-order valence-electron chi connectivity index (χ4n) is 2.11. The van der Waals surface area contributed by atoms with Crippen molar-refractivity contribution in [3.05, 3.63) is 52.4 Å². The van der Waals surface area contributed by atoms with Crippen LogP contribution < -0.4 is 10.1 Å². The summed E-state index contributed by atoms with van der Waals surface area (Å²) in [4.78, 5) is 12.4. The fraction of sp³-hybridized carbons (Fsp3) is 0.0667. The van der Waals surface area contributed by atoms with Crippen molar-refractivity contribution in [2.45, 2.75) is 0 Å². The molecule has 2 aromatic carbocycles. The zero-order chi connectivity index (χ0) is 15.7. The second-order valence-corrected chi connectivity index (χ2v) is 5.50. The van der Waals surface area contributed by atoms with Gasteiger partial charge in [0.15, 0.2) is 0 Å². The van der Waals surface area contributed by atoms with Crippen LogP contribution >= 0.6 is 15.9 Å². The third-order valence-corrected chi connectivity index (χ3v) is 3.68. The monoisotopic (exact) mass is 363 g/mol. The number of carbonyl (C=O) groups is 1. The first-order chi connectivity index (χ1) is 10.6. The van der Waals surface area contributed by atoms with E-state index in [-0.39, 0.29) is 5.69 Å². The van der Waals surface area contributed by atoms with Crippen molar-refractivity contribution in [3.8, 4) is 5.75 Å². The average Bonchev–Trinajstić information content (AvgIpc) is 2.97. The number of carbonyl (C=O) groups excluding carboxylic acids is 1. The zero-order valence-corrected chi connectivity index (χ0v) is 13.1. The van der Waals surface area contributed by atoms with Crippen LogP contribution in [0.15, 0.2) is 41.0 Å². The second kappa shape index (κ2) is 5.76. The predicted molar refractivity (Wildman–Crippen MR) is 84.7 cm³/mol. The Labute approximate surface area is 133 Å². The van der Waals surface area contributed by atoms with Gasteiger partial charge in [-0.25, -0.2) is 4.39 Å². The maximum absolute atomic E-state index is 13.8. The van der Waals surface area contributed by atoms with Gasteiger partial charge in [0.05, 0.1) is 30.1 Å². The summed E-state index contributed by atoms with van der Waals surface area (Å²) in [5.74, 6) is -0.448. The molecule has 112 valence electrons. The van der Waals surface area contributed by atoms with Crippen LogP contribution in [0.1, 0.15) is 10.4 Å². The Bertz CT molecular complexity index is 863. The summed E-state index contributed by atoms with van der Waals surface area (Å²) >= 11 is 3.17. The SMILES string of the molecule is COc1cc(C(=O)Nc2ccc(Br)cc2F)c2[nH]ncc2c1. The lowest BCUT2D eigenvalue weighted by Gasteiger charge is -2.09. The molecule has 0 aliphatic rings. The topological polar surface area (TPSA) is 67.0 Å². The third kappa shape index (κ3) is 2.67. The molecule has 0 spiro atoms. The molecule has 1 amide bonds. The number of hydrogen-bond donors (Lipinski definition) is 2. The molecule has 0 bridgehead atoms. The van der Waals surface area contributed by atoms with Crippen LogP contribution in [0.25, 0.3) is 10.9 Å². The van der Waals surface area contributed by atoms with Gasteiger partial charge >= 0.3 is 0 Å². The standard InChI is InChI=1S/C15H11BrFN3O2/c1-22-10-4-8-7-18-20-14(8)11(6-10)15(21)19-13-3-2-9(16)5-12(13)17/h2-7H,1H3,(H,18,20)(H,19,21). The first-order valence-electron chi connectivity index (χ1n) is 6.36. The van der Waals surface area contributed by atoms with Crippen molar-refractivity contribution in [2.75, 3.05) is 12.4 Å². The highest BCUT2D eigenvalue weighted by atomic mass is 79.9. The normalized spacial score (nSPS) is 10.7. The first kappa shape index (κ1) is 14.5. The molecule has 1 heterocycles. The van der Waals surface area contributed by atoms with Crippen LogP contribution in [0.4, 0.5) is 10.1 Å². The number of rotatable bonds is 3. The molecule has 3 rings (SSSR count). The van der Waals surface area contributed by atoms with Crippen LogP contribution in [-0.2, 0) is 0 Å². The molecule has 22 heavy (non-hydrogen) atoms. The molecule has 7 heteroatoms. The highest BCUT2D eigenvalue weighted by molar-refractivity contribution is 9.10. The molecule has 2 N–H and O–H groups in total. The van der Waals surface area contributed by atoms with Gasteiger partial charge in [-0.2, -0.15) is 5.10 Å². The summed E-state index contributed by atoms with van der Waals surface area (Å²) in [7, 11) is 1.51. The van der Waals surface area contributed by atoms with Crippen molar-refractivity contribution < 1.29 is 13.9 Å². The molecule has 5 nitrogen and oxygen atoms in total. The van der Waals surface area contributed by atoms with E-state index in [1.165, 1.54) is 19.2 Å². The number of amides is 1. The molecule has 0 aliphatic carbocycles. The number of anilines is 1. The quantitative estimate of drug-likeness (QED) is 0.744. The van der Waals surface area contributed by atoms with Crippen molar-refractivity contribution in [1.82, 2.24) is 10.2 Å². The number of benzene rings is 2. The summed E-state index contributed by atoms with van der Waals surface area (Å²) < 4.78 is 19.6. The number of aromatic nitrogens is 2. The molecular formula is C15H11BrFN3O2. The van der Waals surface area contributed by atoms with Gasteiger partial charge in [-0.15, -0.1) is 0 Å². The van der Waals surface area contributed by atoms with Crippen LogP contribution in [0.5, 0.6) is 5.75 Å². The summed E-state index contributed by atoms with van der Waals surface area (Å²) in [5, 5.41) is 9.96. The molecule has 0 unspecified atom stereocenters. The highest BCUT2D eigenvalue weighted by Crippen LogP contribution is 2.25. The summed E-state index contributed by atoms with van der Waals surface area (Å²) in [6.45, 7) is 0. The molecule has 0 saturated heterocycles. The molecule has 3 aromatic rings. The average molecular weight is 364 g/mol. The largest absolute Gasteiger partial charge is 0.497 e. The fourth-order valence-corrected chi connectivity index (χ4v) is 2.44. The maximum Gasteiger partial charge on any atom is 0.258 e. The maximum atomic E-state index is 13.8. The van der Waals surface area contributed by atoms with Crippen molar-refractivity contribution in [1.29, 1.82) is 0 Å². The van der Waals surface area contributed by atoms with Gasteiger partial charge in [-0.1, -0.05) is 15.9 Å². The van der Waals surface area contributed by atoms with Gasteiger partial charge in [0.2, 0.25) is 0 Å². The molecule has 1 aromatic heterocycles. The lowest BCUT2D eigenvalue weighted by molar-refractivity contribution is 0.102. The second-order valence-electron chi connectivity index (χ2n) is 4.59. The van der Waals surface area contributed by atoms with E-state index < -0.39 is 11.7 Å². The Morgan fingerprint density at radius 1 is 1.36 bits per heavy atom. The van der Waals surface area contributed by atoms with Crippen molar-refractivity contribution in [3.63, 3.8) is 0 Å². The zero-order valence-electron chi connectivity index (χ0n) is 11.5. The summed E-state index contributed by atoms with van der Waals surface area (Å²) in [5.41, 5.74) is 0.994. The molecule has 0 radical (unpaired) electrons. The van der Waals surface area contributed by atoms with Gasteiger partial charge in [0.25, 0.3) is 5.91 Å². The molecule has 0 atom stereocenters. The van der Waals surface area contributed by atoms with Gasteiger partial charge in [-0.05, 0) is 30.3 Å². The van der Waals surface area contributed by atoms with Gasteiger partial charge in [0.1, 0.15) is 11.6 Å². The Morgan fingerprint density at radius 2 is 2.18 bits per heavy atom. The number of methoxy groups -OCH3 is 1. The van der Waals surface area contributed by atoms with E-state index in [2.05, 4.69) is 31.4 Å². The molecule has 0 fully saturated rings. The number of H-pyrrole nitrogens is 1. The van der Waals surface area contributed by atoms with Crippen LogP contribution in [0, 0.1) is 5.82 Å². The van der Waals surface area contributed by atoms with Gasteiger partial charge in [-0.3, -0.25) is 9.89 Å². The Hall–Kier alpha value is -2.41. The van der Waals surface area contributed by atoms with E-state index in [1.54, 1.807) is 24.4 Å². The number of aromatic amines is 1. The Kier molecular flexibility index (Phi) is 3.81. The Balaban J connectivity index is 1.99. The van der Waals surface area contributed by atoms with Crippen LogP contribution in [0.3, 0.4) is 0 Å². The van der Waals surface area contributed by atoms with Crippen LogP contribution in [-0.4, -0.2) is 23.2 Å². The number of hydrogen-bond acceptors (Lipinski definition) is 3. The van der Waals surface area contributed by atoms with E-state index >= 15 is 0 Å². The van der Waals surface area contributed by atoms with Crippen molar-refractivity contribution >= 4 is 38.4 Å². The van der Waals surface area contributed by atoms with Gasteiger partial charge in [0, 0.05) is 9.86 Å². The molecular weight excluding hydrogens is 353 g/mol. The third-order valence-electron chi connectivity index (χ3n) is 3.18. The minimum absolute atomic E-state index is 0.101. The smallest absolute Gasteiger partial charge is 0.258 e. The minimum atomic E-state index is -0.522. The number of nitrogens with zero attached hydrogens (tertiary/aromatic N) is 1. The van der Waals surface area contributed by atoms with Crippen molar-refractivity contribution in [2.24, 2.45) is 0 Å². The molecule has 0 saturated carbocycles. The van der Waals surface area contributed by atoms with Crippen LogP contribution in [0.2, 0.25) is 0 Å². The first-order valence-corrected chi connectivity index (χ1v) is 7.15. The number of ether oxygens (including phenoxy) is 1. The van der Waals surface area contributed by atoms with Gasteiger partial charge < -0.3 is 10.1 Å². The molecule has 0 aliphatic heterocycles. The summed E-state index contributed by atoms with van der Waals surface area (Å²) in [6.07, 6.45) is 1.59. The lowest BCUT2D eigenvalue weighted by atomic mass is 10.1. The van der Waals surface area contributed by atoms with E-state index in [9.17, 15) is 9.18 Å². The highest BCUT2D eigenvalue weighted by Gasteiger charge is 2.15. The number of nitrogens with one attached hydrogen (secondary N) is 2. The predicted octanol–water partition coefficient (Wildman–Crippen LogP) is 3.73. The Morgan fingerprint density at radius 3 is 2.91 bits per heavy atom. The van der Waals surface area contributed by atoms with E-state index in [4.69, 9.17) is 4.74 Å². The summed E-state index contributed by atoms with van der Waals surface area (Å²) in [6, 6.07) is 7.76. The number of halogens is 2. The minimum Gasteiger partial charge on any atom is -0.497 e. The number of fused-ring (bicyclic) bond motifs is 1. The van der Waals surface area contributed by atoms with E-state index in [0.717, 1.165) is 5.39 Å². The van der Waals surface area contributed by atoms with E-state index in [0.29, 0.717) is 21.3 Å². The van der Waals surface area contributed by atoms with E-state index in [1.807, 2.05) is 0 Å².